The molecule has 2 aromatic rings. The van der Waals surface area contributed by atoms with Crippen LogP contribution in [0.2, 0.25) is 0 Å². The number of aliphatic carboxylic acids is 2. The first kappa shape index (κ1) is 20.8. The van der Waals surface area contributed by atoms with Gasteiger partial charge in [-0.25, -0.2) is 4.79 Å². The summed E-state index contributed by atoms with van der Waals surface area (Å²) in [5.74, 6) is -0.168. The molecule has 0 aliphatic rings. The summed E-state index contributed by atoms with van der Waals surface area (Å²) in [6.45, 7) is 0. The standard InChI is InChI=1S/C10H12O3.C10H10O3/c2*1-13-9-5-2-8(3-6-9)4-7-10(11)12/h2-3,5-6H,4,7H2,1H3,(H,11,12);2-7H,1H3,(H,11,12). The summed E-state index contributed by atoms with van der Waals surface area (Å²) >= 11 is 0. The molecule has 0 saturated heterocycles. The second-order valence-corrected chi connectivity index (χ2v) is 5.19. The van der Waals surface area contributed by atoms with Crippen molar-refractivity contribution in [1.82, 2.24) is 0 Å². The van der Waals surface area contributed by atoms with Crippen molar-refractivity contribution in [2.75, 3.05) is 14.2 Å². The lowest BCUT2D eigenvalue weighted by Gasteiger charge is -2.01. The van der Waals surface area contributed by atoms with Crippen LogP contribution in [0, 0.1) is 0 Å². The van der Waals surface area contributed by atoms with E-state index in [0.29, 0.717) is 6.42 Å². The second-order valence-electron chi connectivity index (χ2n) is 5.19. The maximum atomic E-state index is 10.3. The molecular weight excluding hydrogens is 336 g/mol. The smallest absolute Gasteiger partial charge is 0.328 e. The van der Waals surface area contributed by atoms with E-state index < -0.39 is 11.9 Å². The molecule has 0 unspecified atom stereocenters. The highest BCUT2D eigenvalue weighted by molar-refractivity contribution is 5.85. The van der Waals surface area contributed by atoms with Gasteiger partial charge in [-0.2, -0.15) is 0 Å². The van der Waals surface area contributed by atoms with Gasteiger partial charge in [-0.1, -0.05) is 24.3 Å². The molecule has 0 fully saturated rings. The molecule has 6 nitrogen and oxygen atoms in total. The molecule has 26 heavy (non-hydrogen) atoms. The maximum absolute atomic E-state index is 10.3. The molecule has 0 amide bonds. The lowest BCUT2D eigenvalue weighted by molar-refractivity contribution is -0.137. The molecule has 0 aliphatic heterocycles. The van der Waals surface area contributed by atoms with E-state index in [4.69, 9.17) is 19.7 Å². The maximum Gasteiger partial charge on any atom is 0.328 e. The Hall–Kier alpha value is -3.28. The largest absolute Gasteiger partial charge is 0.497 e. The highest BCUT2D eigenvalue weighted by Gasteiger charge is 1.98. The normalized spacial score (nSPS) is 9.92. The van der Waals surface area contributed by atoms with E-state index >= 15 is 0 Å². The predicted molar refractivity (Wildman–Crippen MR) is 98.6 cm³/mol. The summed E-state index contributed by atoms with van der Waals surface area (Å²) < 4.78 is 9.93. The summed E-state index contributed by atoms with van der Waals surface area (Å²) in [5.41, 5.74) is 1.85. The van der Waals surface area contributed by atoms with E-state index in [9.17, 15) is 9.59 Å². The van der Waals surface area contributed by atoms with Crippen LogP contribution in [0.1, 0.15) is 17.5 Å². The summed E-state index contributed by atoms with van der Waals surface area (Å²) in [7, 11) is 3.19. The van der Waals surface area contributed by atoms with Gasteiger partial charge in [-0.3, -0.25) is 4.79 Å². The van der Waals surface area contributed by atoms with E-state index in [2.05, 4.69) is 0 Å². The Kier molecular flexibility index (Phi) is 9.03. The van der Waals surface area contributed by atoms with Crippen LogP contribution < -0.4 is 9.47 Å². The average molecular weight is 358 g/mol. The Morgan fingerprint density at radius 3 is 1.81 bits per heavy atom. The predicted octanol–water partition coefficient (Wildman–Crippen LogP) is 3.51. The van der Waals surface area contributed by atoms with Crippen molar-refractivity contribution in [2.45, 2.75) is 12.8 Å². The van der Waals surface area contributed by atoms with E-state index in [1.807, 2.05) is 24.3 Å². The topological polar surface area (TPSA) is 93.1 Å². The lowest BCUT2D eigenvalue weighted by Crippen LogP contribution is -1.97. The molecule has 2 aromatic carbocycles. The molecule has 0 atom stereocenters. The van der Waals surface area contributed by atoms with Crippen LogP contribution >= 0.6 is 0 Å². The van der Waals surface area contributed by atoms with Gasteiger partial charge in [-0.15, -0.1) is 0 Å². The minimum Gasteiger partial charge on any atom is -0.497 e. The van der Waals surface area contributed by atoms with Gasteiger partial charge >= 0.3 is 11.9 Å². The highest BCUT2D eigenvalue weighted by atomic mass is 16.5. The van der Waals surface area contributed by atoms with Crippen LogP contribution in [0.3, 0.4) is 0 Å². The number of carbonyl (C=O) groups is 2. The van der Waals surface area contributed by atoms with E-state index in [1.54, 1.807) is 38.5 Å². The second kappa shape index (κ2) is 11.3. The number of hydrogen-bond donors (Lipinski definition) is 2. The zero-order valence-corrected chi connectivity index (χ0v) is 14.7. The fourth-order valence-electron chi connectivity index (χ4n) is 1.93. The van der Waals surface area contributed by atoms with Crippen LogP contribution in [0.15, 0.2) is 54.6 Å². The van der Waals surface area contributed by atoms with Crippen molar-refractivity contribution in [3.05, 3.63) is 65.7 Å². The average Bonchev–Trinajstić information content (AvgIpc) is 2.66. The summed E-state index contributed by atoms with van der Waals surface area (Å²) in [5, 5.41) is 16.8. The number of benzene rings is 2. The molecule has 6 heteroatoms. The van der Waals surface area contributed by atoms with Gasteiger partial charge < -0.3 is 19.7 Å². The first-order chi connectivity index (χ1) is 12.4. The number of carboxylic acid groups (broad SMARTS) is 2. The van der Waals surface area contributed by atoms with Gasteiger partial charge in [0.15, 0.2) is 0 Å². The monoisotopic (exact) mass is 358 g/mol. The van der Waals surface area contributed by atoms with Crippen molar-refractivity contribution in [3.63, 3.8) is 0 Å². The van der Waals surface area contributed by atoms with Gasteiger partial charge in [-0.05, 0) is 47.9 Å². The van der Waals surface area contributed by atoms with Crippen LogP contribution in [0.25, 0.3) is 6.08 Å². The highest BCUT2D eigenvalue weighted by Crippen LogP contribution is 2.13. The zero-order valence-electron chi connectivity index (χ0n) is 14.7. The first-order valence-electron chi connectivity index (χ1n) is 7.84. The van der Waals surface area contributed by atoms with Crippen molar-refractivity contribution >= 4 is 18.0 Å². The SMILES string of the molecule is COc1ccc(C=CC(=O)O)cc1.COc1ccc(CCC(=O)O)cc1. The Morgan fingerprint density at radius 1 is 0.885 bits per heavy atom. The zero-order chi connectivity index (χ0) is 19.4. The Balaban J connectivity index is 0.000000260. The van der Waals surface area contributed by atoms with Crippen molar-refractivity contribution in [2.24, 2.45) is 0 Å². The summed E-state index contributed by atoms with van der Waals surface area (Å²) in [4.78, 5) is 20.5. The van der Waals surface area contributed by atoms with Gasteiger partial charge in [0.1, 0.15) is 11.5 Å². The van der Waals surface area contributed by atoms with Crippen LogP contribution in [0.5, 0.6) is 11.5 Å². The molecule has 2 rings (SSSR count). The molecule has 0 aromatic heterocycles. The number of methoxy groups -OCH3 is 2. The van der Waals surface area contributed by atoms with Crippen LogP contribution in [-0.4, -0.2) is 36.4 Å². The number of carboxylic acids is 2. The molecule has 0 spiro atoms. The van der Waals surface area contributed by atoms with Gasteiger partial charge in [0.05, 0.1) is 14.2 Å². The minimum atomic E-state index is -0.948. The molecule has 0 saturated carbocycles. The quantitative estimate of drug-likeness (QED) is 0.736. The fraction of sp³-hybridized carbons (Fsp3) is 0.200. The Bertz CT molecular complexity index is 717. The first-order valence-corrected chi connectivity index (χ1v) is 7.84. The molecular formula is C20H22O6. The van der Waals surface area contributed by atoms with Crippen molar-refractivity contribution in [1.29, 1.82) is 0 Å². The molecule has 0 aliphatic carbocycles. The summed E-state index contributed by atoms with van der Waals surface area (Å²) in [6.07, 6.45) is 3.37. The van der Waals surface area contributed by atoms with E-state index in [0.717, 1.165) is 28.7 Å². The van der Waals surface area contributed by atoms with Crippen molar-refractivity contribution < 1.29 is 29.3 Å². The number of hydrogen-bond acceptors (Lipinski definition) is 4. The van der Waals surface area contributed by atoms with Crippen LogP contribution in [-0.2, 0) is 16.0 Å². The number of ether oxygens (including phenoxy) is 2. The van der Waals surface area contributed by atoms with E-state index in [-0.39, 0.29) is 6.42 Å². The lowest BCUT2D eigenvalue weighted by atomic mass is 10.1. The van der Waals surface area contributed by atoms with Crippen LogP contribution in [0.4, 0.5) is 0 Å². The number of aryl methyl sites for hydroxylation is 1. The third-order valence-electron chi connectivity index (χ3n) is 3.32. The molecule has 138 valence electrons. The van der Waals surface area contributed by atoms with Gasteiger partial charge in [0, 0.05) is 12.5 Å². The van der Waals surface area contributed by atoms with Crippen molar-refractivity contribution in [3.8, 4) is 11.5 Å². The fourth-order valence-corrected chi connectivity index (χ4v) is 1.93. The Morgan fingerprint density at radius 2 is 1.38 bits per heavy atom. The Labute approximate surface area is 152 Å². The summed E-state index contributed by atoms with van der Waals surface area (Å²) in [6, 6.07) is 14.6. The molecule has 0 bridgehead atoms. The molecule has 0 heterocycles. The van der Waals surface area contributed by atoms with Gasteiger partial charge in [0.2, 0.25) is 0 Å². The third-order valence-corrected chi connectivity index (χ3v) is 3.32. The molecule has 0 radical (unpaired) electrons. The van der Waals surface area contributed by atoms with E-state index in [1.165, 1.54) is 6.08 Å². The molecule has 2 N–H and O–H groups in total. The number of rotatable bonds is 7. The minimum absolute atomic E-state index is 0.173. The van der Waals surface area contributed by atoms with Gasteiger partial charge in [0.25, 0.3) is 0 Å². The third kappa shape index (κ3) is 8.54.